The lowest BCUT2D eigenvalue weighted by molar-refractivity contribution is 0.108. The molecule has 0 aliphatic carbocycles. The minimum Gasteiger partial charge on any atom is -0.453 e. The van der Waals surface area contributed by atoms with Crippen molar-refractivity contribution in [3.05, 3.63) is 28.2 Å². The molecule has 0 fully saturated rings. The second-order valence-electron chi connectivity index (χ2n) is 2.58. The van der Waals surface area contributed by atoms with Crippen LogP contribution in [0.5, 0.6) is 0 Å². The molecule has 6 heteroatoms. The number of carbonyl (C=O) groups excluding carboxylic acids is 2. The highest BCUT2D eigenvalue weighted by Crippen LogP contribution is 2.23. The fraction of sp³-hybridized carbons (Fsp3) is 0.111. The second-order valence-corrected chi connectivity index (χ2v) is 3.78. The van der Waals surface area contributed by atoms with E-state index < -0.39 is 11.3 Å². The summed E-state index contributed by atoms with van der Waals surface area (Å²) in [5.74, 6) is 0. The van der Waals surface area contributed by atoms with Crippen molar-refractivity contribution in [2.24, 2.45) is 0 Å². The van der Waals surface area contributed by atoms with Gasteiger partial charge in [-0.25, -0.2) is 4.79 Å². The molecule has 0 atom stereocenters. The van der Waals surface area contributed by atoms with Gasteiger partial charge in [-0.2, -0.15) is 0 Å². The van der Waals surface area contributed by atoms with Gasteiger partial charge in [-0.05, 0) is 45.7 Å². The predicted octanol–water partition coefficient (Wildman–Crippen LogP) is 3.01. The Morgan fingerprint density at radius 3 is 2.60 bits per heavy atom. The van der Waals surface area contributed by atoms with Crippen molar-refractivity contribution in [2.45, 2.75) is 0 Å². The number of carbonyl (C=O) groups is 2. The summed E-state index contributed by atoms with van der Waals surface area (Å²) in [7, 11) is 1.26. The first-order valence-corrected chi connectivity index (χ1v) is 5.06. The number of halogens is 2. The monoisotopic (exact) mass is 291 g/mol. The van der Waals surface area contributed by atoms with Gasteiger partial charge in [0.05, 0.1) is 7.11 Å². The predicted molar refractivity (Wildman–Crippen MR) is 60.4 cm³/mol. The summed E-state index contributed by atoms with van der Waals surface area (Å²) in [6.07, 6.45) is -0.577. The Hall–Kier alpha value is -1.07. The molecule has 1 amide bonds. The van der Waals surface area contributed by atoms with Gasteiger partial charge in [-0.15, -0.1) is 0 Å². The van der Waals surface area contributed by atoms with Crippen LogP contribution < -0.4 is 5.32 Å². The summed E-state index contributed by atoms with van der Waals surface area (Å²) < 4.78 is 4.92. The number of anilines is 1. The van der Waals surface area contributed by atoms with Crippen LogP contribution >= 0.6 is 27.5 Å². The van der Waals surface area contributed by atoms with Crippen LogP contribution in [0.1, 0.15) is 10.4 Å². The Morgan fingerprint density at radius 1 is 1.47 bits per heavy atom. The molecule has 1 aromatic rings. The lowest BCUT2D eigenvalue weighted by Gasteiger charge is -2.05. The fourth-order valence-corrected chi connectivity index (χ4v) is 1.76. The van der Waals surface area contributed by atoms with Gasteiger partial charge in [0.15, 0.2) is 0 Å². The first-order valence-electron chi connectivity index (χ1n) is 3.89. The van der Waals surface area contributed by atoms with Crippen LogP contribution in [0.25, 0.3) is 0 Å². The maximum Gasteiger partial charge on any atom is 0.411 e. The molecule has 1 N–H and O–H groups in total. The van der Waals surface area contributed by atoms with Gasteiger partial charge in [0.2, 0.25) is 0 Å². The Bertz CT molecular complexity index is 408. The SMILES string of the molecule is COC(=O)Nc1ccc(C(=O)Cl)c(Br)c1. The number of benzene rings is 1. The molecule has 1 aromatic carbocycles. The van der Waals surface area contributed by atoms with Gasteiger partial charge in [0.25, 0.3) is 5.24 Å². The lowest BCUT2D eigenvalue weighted by atomic mass is 10.2. The largest absolute Gasteiger partial charge is 0.453 e. The number of hydrogen-bond acceptors (Lipinski definition) is 3. The Kier molecular flexibility index (Phi) is 4.11. The minimum absolute atomic E-state index is 0.340. The summed E-state index contributed by atoms with van der Waals surface area (Å²) in [4.78, 5) is 21.7. The molecular weight excluding hydrogens is 285 g/mol. The van der Waals surface area contributed by atoms with E-state index in [4.69, 9.17) is 11.6 Å². The summed E-state index contributed by atoms with van der Waals surface area (Å²) in [6, 6.07) is 4.62. The molecule has 0 saturated heterocycles. The fourth-order valence-electron chi connectivity index (χ4n) is 0.921. The van der Waals surface area contributed by atoms with Gasteiger partial charge in [-0.1, -0.05) is 0 Å². The first kappa shape index (κ1) is 12.0. The van der Waals surface area contributed by atoms with E-state index in [1.165, 1.54) is 13.2 Å². The number of rotatable bonds is 2. The summed E-state index contributed by atoms with van der Waals surface area (Å²) in [5.41, 5.74) is 0.850. The van der Waals surface area contributed by atoms with Gasteiger partial charge >= 0.3 is 6.09 Å². The highest BCUT2D eigenvalue weighted by atomic mass is 79.9. The standard InChI is InChI=1S/C9H7BrClNO3/c1-15-9(14)12-5-2-3-6(8(11)13)7(10)4-5/h2-4H,1H3,(H,12,14). The second kappa shape index (κ2) is 5.14. The first-order chi connectivity index (χ1) is 7.04. The smallest absolute Gasteiger partial charge is 0.411 e. The van der Waals surface area contributed by atoms with Crippen molar-refractivity contribution >= 4 is 44.6 Å². The van der Waals surface area contributed by atoms with E-state index in [1.54, 1.807) is 12.1 Å². The van der Waals surface area contributed by atoms with Crippen LogP contribution in [0.4, 0.5) is 10.5 Å². The molecule has 0 radical (unpaired) electrons. The van der Waals surface area contributed by atoms with Crippen LogP contribution in [0.3, 0.4) is 0 Å². The zero-order chi connectivity index (χ0) is 11.4. The zero-order valence-corrected chi connectivity index (χ0v) is 10.1. The molecular formula is C9H7BrClNO3. The highest BCUT2D eigenvalue weighted by Gasteiger charge is 2.08. The van der Waals surface area contributed by atoms with E-state index >= 15 is 0 Å². The molecule has 0 saturated carbocycles. The molecule has 4 nitrogen and oxygen atoms in total. The average Bonchev–Trinajstić information content (AvgIpc) is 2.17. The number of nitrogens with one attached hydrogen (secondary N) is 1. The van der Waals surface area contributed by atoms with E-state index in [9.17, 15) is 9.59 Å². The number of hydrogen-bond donors (Lipinski definition) is 1. The molecule has 80 valence electrons. The van der Waals surface area contributed by atoms with Crippen LogP contribution in [0.15, 0.2) is 22.7 Å². The normalized spacial score (nSPS) is 9.53. The number of ether oxygens (including phenoxy) is 1. The topological polar surface area (TPSA) is 55.4 Å². The Balaban J connectivity index is 2.91. The van der Waals surface area contributed by atoms with Crippen molar-refractivity contribution in [2.75, 3.05) is 12.4 Å². The van der Waals surface area contributed by atoms with Crippen LogP contribution in [0.2, 0.25) is 0 Å². The van der Waals surface area contributed by atoms with Gasteiger partial charge < -0.3 is 4.74 Å². The molecule has 0 aliphatic heterocycles. The molecule has 0 aromatic heterocycles. The minimum atomic E-state index is -0.577. The Labute approximate surface area is 99.7 Å². The maximum absolute atomic E-state index is 10.9. The van der Waals surface area contributed by atoms with Crippen molar-refractivity contribution < 1.29 is 14.3 Å². The van der Waals surface area contributed by atoms with Gasteiger partial charge in [0.1, 0.15) is 0 Å². The molecule has 0 heterocycles. The molecule has 0 aliphatic rings. The number of methoxy groups -OCH3 is 1. The van der Waals surface area contributed by atoms with Crippen molar-refractivity contribution in [3.63, 3.8) is 0 Å². The summed E-state index contributed by atoms with van der Waals surface area (Å²) in [5, 5.41) is 1.89. The Morgan fingerprint density at radius 2 is 2.13 bits per heavy atom. The maximum atomic E-state index is 10.9. The van der Waals surface area contributed by atoms with Crippen molar-refractivity contribution in [1.29, 1.82) is 0 Å². The van der Waals surface area contributed by atoms with E-state index in [-0.39, 0.29) is 0 Å². The summed E-state index contributed by atoms with van der Waals surface area (Å²) in [6.45, 7) is 0. The average molecular weight is 293 g/mol. The molecule has 0 spiro atoms. The van der Waals surface area contributed by atoms with Crippen LogP contribution in [-0.4, -0.2) is 18.4 Å². The van der Waals surface area contributed by atoms with Crippen molar-refractivity contribution in [1.82, 2.24) is 0 Å². The molecule has 0 unspecified atom stereocenters. The highest BCUT2D eigenvalue weighted by molar-refractivity contribution is 9.10. The lowest BCUT2D eigenvalue weighted by Crippen LogP contribution is -2.11. The number of amides is 1. The third-order valence-electron chi connectivity index (χ3n) is 1.61. The van der Waals surface area contributed by atoms with E-state index in [2.05, 4.69) is 26.0 Å². The van der Waals surface area contributed by atoms with Crippen LogP contribution in [-0.2, 0) is 4.74 Å². The van der Waals surface area contributed by atoms with Gasteiger partial charge in [-0.3, -0.25) is 10.1 Å². The van der Waals surface area contributed by atoms with Crippen molar-refractivity contribution in [3.8, 4) is 0 Å². The molecule has 0 bridgehead atoms. The molecule has 1 rings (SSSR count). The third-order valence-corrected chi connectivity index (χ3v) is 2.47. The zero-order valence-electron chi connectivity index (χ0n) is 7.71. The quantitative estimate of drug-likeness (QED) is 0.853. The van der Waals surface area contributed by atoms with E-state index in [0.29, 0.717) is 15.7 Å². The summed E-state index contributed by atoms with van der Waals surface area (Å²) >= 11 is 8.48. The molecule has 15 heavy (non-hydrogen) atoms. The van der Waals surface area contributed by atoms with E-state index in [0.717, 1.165) is 0 Å². The van der Waals surface area contributed by atoms with Crippen LogP contribution in [0, 0.1) is 0 Å². The third kappa shape index (κ3) is 3.21. The van der Waals surface area contributed by atoms with Gasteiger partial charge in [0, 0.05) is 15.7 Å². The van der Waals surface area contributed by atoms with E-state index in [1.807, 2.05) is 0 Å².